The van der Waals surface area contributed by atoms with Crippen LogP contribution in [0.4, 0.5) is 0 Å². The lowest BCUT2D eigenvalue weighted by Gasteiger charge is -2.19. The van der Waals surface area contributed by atoms with E-state index in [-0.39, 0.29) is 17.2 Å². The van der Waals surface area contributed by atoms with E-state index in [1.54, 1.807) is 13.0 Å². The van der Waals surface area contributed by atoms with Gasteiger partial charge in [-0.3, -0.25) is 4.79 Å². The van der Waals surface area contributed by atoms with Crippen LogP contribution >= 0.6 is 0 Å². The van der Waals surface area contributed by atoms with Crippen molar-refractivity contribution in [2.75, 3.05) is 6.61 Å². The molecule has 1 aromatic carbocycles. The van der Waals surface area contributed by atoms with E-state index >= 15 is 0 Å². The topological polar surface area (TPSA) is 93.8 Å². The first-order valence-corrected chi connectivity index (χ1v) is 7.88. The maximum Gasteiger partial charge on any atom is 0.341 e. The Kier molecular flexibility index (Phi) is 4.13. The number of ketones is 1. The molecular formula is C18H18O6. The third-order valence-electron chi connectivity index (χ3n) is 4.41. The van der Waals surface area contributed by atoms with Crippen molar-refractivity contribution in [3.63, 3.8) is 0 Å². The monoisotopic (exact) mass is 330 g/mol. The zero-order chi connectivity index (χ0) is 17.4. The fourth-order valence-electron chi connectivity index (χ4n) is 3.30. The molecule has 0 unspecified atom stereocenters. The number of ether oxygens (including phenoxy) is 1. The Morgan fingerprint density at radius 2 is 1.92 bits per heavy atom. The second kappa shape index (κ2) is 6.11. The van der Waals surface area contributed by atoms with Crippen LogP contribution in [0.25, 0.3) is 11.0 Å². The highest BCUT2D eigenvalue weighted by Crippen LogP contribution is 2.35. The summed E-state index contributed by atoms with van der Waals surface area (Å²) in [6, 6.07) is 1.66. The Labute approximate surface area is 138 Å². The molecule has 0 fully saturated rings. The number of benzene rings is 1. The lowest BCUT2D eigenvalue weighted by atomic mass is 9.89. The molecule has 0 atom stereocenters. The largest absolute Gasteiger partial charge is 0.481 e. The van der Waals surface area contributed by atoms with Crippen molar-refractivity contribution < 1.29 is 23.8 Å². The molecule has 1 aliphatic carbocycles. The molecule has 24 heavy (non-hydrogen) atoms. The average molecular weight is 330 g/mol. The maximum atomic E-state index is 12.3. The number of aliphatic carboxylic acids is 1. The van der Waals surface area contributed by atoms with Crippen molar-refractivity contribution in [3.05, 3.63) is 38.7 Å². The molecule has 1 N–H and O–H groups in total. The first kappa shape index (κ1) is 16.2. The molecular weight excluding hydrogens is 312 g/mol. The fourth-order valence-corrected chi connectivity index (χ4v) is 3.30. The summed E-state index contributed by atoms with van der Waals surface area (Å²) in [4.78, 5) is 35.1. The number of hydrogen-bond acceptors (Lipinski definition) is 5. The molecule has 1 aliphatic rings. The normalized spacial score (nSPS) is 13.6. The lowest BCUT2D eigenvalue weighted by molar-refractivity contribution is -0.139. The number of aryl methyl sites for hydroxylation is 2. The Hall–Kier alpha value is -2.63. The van der Waals surface area contributed by atoms with Gasteiger partial charge in [0.05, 0.1) is 5.56 Å². The molecule has 0 bridgehead atoms. The number of rotatable bonds is 4. The highest BCUT2D eigenvalue weighted by atomic mass is 16.5. The Morgan fingerprint density at radius 1 is 1.25 bits per heavy atom. The highest BCUT2D eigenvalue weighted by molar-refractivity contribution is 6.02. The van der Waals surface area contributed by atoms with Crippen LogP contribution < -0.4 is 10.4 Å². The van der Waals surface area contributed by atoms with Gasteiger partial charge in [-0.05, 0) is 51.2 Å². The minimum absolute atomic E-state index is 0.163. The predicted octanol–water partition coefficient (Wildman–Crippen LogP) is 2.65. The summed E-state index contributed by atoms with van der Waals surface area (Å²) in [7, 11) is 0. The van der Waals surface area contributed by atoms with E-state index in [0.717, 1.165) is 30.2 Å². The summed E-state index contributed by atoms with van der Waals surface area (Å²) in [6.45, 7) is 2.51. The minimum atomic E-state index is -1.14. The molecule has 0 aliphatic heterocycles. The van der Waals surface area contributed by atoms with Gasteiger partial charge in [0.15, 0.2) is 12.4 Å². The van der Waals surface area contributed by atoms with Crippen LogP contribution in [0.5, 0.6) is 5.75 Å². The maximum absolute atomic E-state index is 12.3. The van der Waals surface area contributed by atoms with Crippen LogP contribution in [0.15, 0.2) is 15.3 Å². The van der Waals surface area contributed by atoms with Crippen LogP contribution in [-0.4, -0.2) is 23.5 Å². The molecule has 1 heterocycles. The van der Waals surface area contributed by atoms with Crippen molar-refractivity contribution >= 4 is 22.7 Å². The van der Waals surface area contributed by atoms with Crippen molar-refractivity contribution in [2.24, 2.45) is 0 Å². The second-order valence-electron chi connectivity index (χ2n) is 6.05. The van der Waals surface area contributed by atoms with Crippen LogP contribution in [0.3, 0.4) is 0 Å². The molecule has 3 rings (SSSR count). The van der Waals surface area contributed by atoms with Crippen molar-refractivity contribution in [1.29, 1.82) is 0 Å². The Bertz CT molecular complexity index is 906. The zero-order valence-electron chi connectivity index (χ0n) is 13.6. The quantitative estimate of drug-likeness (QED) is 0.684. The fraction of sp³-hybridized carbons (Fsp3) is 0.389. The molecule has 2 aromatic rings. The predicted molar refractivity (Wildman–Crippen MR) is 87.0 cm³/mol. The Morgan fingerprint density at radius 3 is 2.54 bits per heavy atom. The summed E-state index contributed by atoms with van der Waals surface area (Å²) in [5.74, 6) is -1.21. The summed E-state index contributed by atoms with van der Waals surface area (Å²) in [6.07, 6.45) is 3.38. The van der Waals surface area contributed by atoms with Gasteiger partial charge in [-0.1, -0.05) is 0 Å². The summed E-state index contributed by atoms with van der Waals surface area (Å²) < 4.78 is 10.8. The molecule has 0 amide bonds. The molecule has 126 valence electrons. The van der Waals surface area contributed by atoms with Crippen LogP contribution in [0.1, 0.15) is 46.8 Å². The summed E-state index contributed by atoms with van der Waals surface area (Å²) in [5.41, 5.74) is 2.41. The van der Waals surface area contributed by atoms with E-state index in [0.29, 0.717) is 28.7 Å². The van der Waals surface area contributed by atoms with E-state index in [2.05, 4.69) is 0 Å². The van der Waals surface area contributed by atoms with Gasteiger partial charge in [-0.2, -0.15) is 0 Å². The van der Waals surface area contributed by atoms with E-state index < -0.39 is 12.6 Å². The van der Waals surface area contributed by atoms with Crippen molar-refractivity contribution in [3.8, 4) is 5.75 Å². The number of carboxylic acid groups (broad SMARTS) is 1. The van der Waals surface area contributed by atoms with Gasteiger partial charge >= 0.3 is 11.6 Å². The average Bonchev–Trinajstić information content (AvgIpc) is 2.54. The molecule has 0 saturated heterocycles. The number of hydrogen-bond donors (Lipinski definition) is 1. The number of fused-ring (bicyclic) bond motifs is 3. The van der Waals surface area contributed by atoms with E-state index in [1.807, 2.05) is 0 Å². The number of carbonyl (C=O) groups is 2. The van der Waals surface area contributed by atoms with Gasteiger partial charge < -0.3 is 14.3 Å². The summed E-state index contributed by atoms with van der Waals surface area (Å²) in [5, 5.41) is 9.57. The van der Waals surface area contributed by atoms with Gasteiger partial charge in [0.1, 0.15) is 11.3 Å². The van der Waals surface area contributed by atoms with Crippen molar-refractivity contribution in [2.45, 2.75) is 39.5 Å². The third-order valence-corrected chi connectivity index (χ3v) is 4.41. The van der Waals surface area contributed by atoms with Crippen LogP contribution in [-0.2, 0) is 17.6 Å². The first-order chi connectivity index (χ1) is 11.4. The molecule has 0 saturated carbocycles. The summed E-state index contributed by atoms with van der Waals surface area (Å²) >= 11 is 0. The van der Waals surface area contributed by atoms with E-state index in [1.165, 1.54) is 6.92 Å². The highest BCUT2D eigenvalue weighted by Gasteiger charge is 2.23. The van der Waals surface area contributed by atoms with Gasteiger partial charge in [-0.25, -0.2) is 9.59 Å². The van der Waals surface area contributed by atoms with Gasteiger partial charge in [0.25, 0.3) is 0 Å². The minimum Gasteiger partial charge on any atom is -0.481 e. The van der Waals surface area contributed by atoms with Gasteiger partial charge in [0.2, 0.25) is 0 Å². The third kappa shape index (κ3) is 2.68. The lowest BCUT2D eigenvalue weighted by Crippen LogP contribution is -2.17. The van der Waals surface area contributed by atoms with Gasteiger partial charge in [-0.15, -0.1) is 0 Å². The van der Waals surface area contributed by atoms with Crippen LogP contribution in [0.2, 0.25) is 0 Å². The Balaban J connectivity index is 2.31. The molecule has 6 heteroatoms. The molecule has 1 aromatic heterocycles. The zero-order valence-corrected chi connectivity index (χ0v) is 13.6. The number of carboxylic acids is 1. The van der Waals surface area contributed by atoms with Gasteiger partial charge in [0, 0.05) is 16.5 Å². The SMILES string of the molecule is CC(=O)c1cc2c3c(c(=O)oc2c(C)c1OCC(=O)O)CCCC3. The first-order valence-electron chi connectivity index (χ1n) is 7.88. The molecule has 0 spiro atoms. The van der Waals surface area contributed by atoms with E-state index in [9.17, 15) is 14.4 Å². The molecule has 0 radical (unpaired) electrons. The number of carbonyl (C=O) groups excluding carboxylic acids is 1. The number of Topliss-reactive ketones (excluding diaryl/α,β-unsaturated/α-hetero) is 1. The molecule has 6 nitrogen and oxygen atoms in total. The smallest absolute Gasteiger partial charge is 0.341 e. The second-order valence-corrected chi connectivity index (χ2v) is 6.05. The van der Waals surface area contributed by atoms with Crippen molar-refractivity contribution in [1.82, 2.24) is 0 Å². The standard InChI is InChI=1S/C18H18O6/c1-9-16(23-8-15(20)21)13(10(2)19)7-14-11-5-3-4-6-12(11)18(22)24-17(9)14/h7H,3-6,8H2,1-2H3,(H,20,21). The van der Waals surface area contributed by atoms with Crippen LogP contribution in [0, 0.1) is 6.92 Å². The van der Waals surface area contributed by atoms with E-state index in [4.69, 9.17) is 14.3 Å².